The number of hydrogen-bond acceptors (Lipinski definition) is 1. The lowest BCUT2D eigenvalue weighted by Crippen LogP contribution is -2.26. The predicted octanol–water partition coefficient (Wildman–Crippen LogP) is 1.95. The highest BCUT2D eigenvalue weighted by molar-refractivity contribution is 5.78. The van der Waals surface area contributed by atoms with Crippen LogP contribution in [0.3, 0.4) is 0 Å². The summed E-state index contributed by atoms with van der Waals surface area (Å²) in [5, 5.41) is 2.69. The number of nitrogens with one attached hydrogen (secondary N) is 1. The third kappa shape index (κ3) is 4.02. The Bertz CT molecular complexity index is 112. The molecule has 0 radical (unpaired) electrons. The van der Waals surface area contributed by atoms with Gasteiger partial charge in [0.25, 0.3) is 0 Å². The fourth-order valence-corrected chi connectivity index (χ4v) is 1.18. The second-order valence-corrected chi connectivity index (χ2v) is 2.86. The maximum atomic E-state index is 11.1. The van der Waals surface area contributed by atoms with Gasteiger partial charge < -0.3 is 5.32 Å². The zero-order valence-electron chi connectivity index (χ0n) is 7.81. The molecule has 66 valence electrons. The lowest BCUT2D eigenvalue weighted by atomic mass is 9.99. The highest BCUT2D eigenvalue weighted by Crippen LogP contribution is 2.11. The molecule has 1 amide bonds. The molecule has 0 aromatic carbocycles. The molecule has 0 aromatic heterocycles. The van der Waals surface area contributed by atoms with Crippen molar-refractivity contribution in [2.24, 2.45) is 5.92 Å². The summed E-state index contributed by atoms with van der Waals surface area (Å²) in [6.07, 6.45) is 4.33. The summed E-state index contributed by atoms with van der Waals surface area (Å²) in [6, 6.07) is 0. The Balaban J connectivity index is 3.65. The van der Waals surface area contributed by atoms with E-state index in [0.29, 0.717) is 0 Å². The Kier molecular flexibility index (Phi) is 5.90. The van der Waals surface area contributed by atoms with Crippen molar-refractivity contribution < 1.29 is 4.79 Å². The standard InChI is InChI=1S/C9H19NO/c1-4-6-7-8(5-2)9(11)10-3/h8H,4-7H2,1-3H3,(H,10,11). The molecular weight excluding hydrogens is 138 g/mol. The second-order valence-electron chi connectivity index (χ2n) is 2.86. The predicted molar refractivity (Wildman–Crippen MR) is 47.4 cm³/mol. The lowest BCUT2D eigenvalue weighted by molar-refractivity contribution is -0.124. The molecule has 2 heteroatoms. The number of unbranched alkanes of at least 4 members (excludes halogenated alkanes) is 1. The van der Waals surface area contributed by atoms with Crippen LogP contribution in [0.4, 0.5) is 0 Å². The van der Waals surface area contributed by atoms with Crippen molar-refractivity contribution in [3.8, 4) is 0 Å². The van der Waals surface area contributed by atoms with Gasteiger partial charge in [0.1, 0.15) is 0 Å². The van der Waals surface area contributed by atoms with E-state index < -0.39 is 0 Å². The van der Waals surface area contributed by atoms with Gasteiger partial charge in [0, 0.05) is 13.0 Å². The molecule has 0 aromatic rings. The van der Waals surface area contributed by atoms with Crippen molar-refractivity contribution in [1.29, 1.82) is 0 Å². The van der Waals surface area contributed by atoms with Crippen LogP contribution in [0.25, 0.3) is 0 Å². The molecule has 0 rings (SSSR count). The van der Waals surface area contributed by atoms with E-state index >= 15 is 0 Å². The number of rotatable bonds is 5. The topological polar surface area (TPSA) is 29.1 Å². The zero-order valence-corrected chi connectivity index (χ0v) is 7.81. The Morgan fingerprint density at radius 2 is 2.09 bits per heavy atom. The van der Waals surface area contributed by atoms with E-state index in [4.69, 9.17) is 0 Å². The highest BCUT2D eigenvalue weighted by Gasteiger charge is 2.12. The minimum Gasteiger partial charge on any atom is -0.359 e. The van der Waals surface area contributed by atoms with Gasteiger partial charge in [0.15, 0.2) is 0 Å². The summed E-state index contributed by atoms with van der Waals surface area (Å²) in [6.45, 7) is 4.21. The SMILES string of the molecule is CCCCC(CC)C(=O)NC. The van der Waals surface area contributed by atoms with Gasteiger partial charge in [-0.2, -0.15) is 0 Å². The van der Waals surface area contributed by atoms with Gasteiger partial charge in [-0.05, 0) is 12.8 Å². The molecule has 0 aliphatic carbocycles. The molecule has 0 saturated carbocycles. The van der Waals surface area contributed by atoms with Gasteiger partial charge in [0.2, 0.25) is 5.91 Å². The van der Waals surface area contributed by atoms with E-state index in [2.05, 4.69) is 19.2 Å². The van der Waals surface area contributed by atoms with Crippen LogP contribution in [0.1, 0.15) is 39.5 Å². The molecule has 0 aliphatic heterocycles. The molecule has 1 N–H and O–H groups in total. The van der Waals surface area contributed by atoms with Crippen molar-refractivity contribution in [1.82, 2.24) is 5.32 Å². The van der Waals surface area contributed by atoms with Crippen LogP contribution in [0.5, 0.6) is 0 Å². The number of carbonyl (C=O) groups is 1. The van der Waals surface area contributed by atoms with E-state index in [1.165, 1.54) is 6.42 Å². The van der Waals surface area contributed by atoms with E-state index in [1.807, 2.05) is 0 Å². The molecule has 11 heavy (non-hydrogen) atoms. The quantitative estimate of drug-likeness (QED) is 0.649. The van der Waals surface area contributed by atoms with Gasteiger partial charge in [-0.15, -0.1) is 0 Å². The first kappa shape index (κ1) is 10.5. The van der Waals surface area contributed by atoms with Crippen LogP contribution in [0.2, 0.25) is 0 Å². The van der Waals surface area contributed by atoms with E-state index in [0.717, 1.165) is 19.3 Å². The summed E-state index contributed by atoms with van der Waals surface area (Å²) in [5.41, 5.74) is 0. The summed E-state index contributed by atoms with van der Waals surface area (Å²) >= 11 is 0. The minimum absolute atomic E-state index is 0.195. The van der Waals surface area contributed by atoms with Crippen molar-refractivity contribution in [2.75, 3.05) is 7.05 Å². The van der Waals surface area contributed by atoms with Gasteiger partial charge in [-0.25, -0.2) is 0 Å². The maximum absolute atomic E-state index is 11.1. The summed E-state index contributed by atoms with van der Waals surface area (Å²) < 4.78 is 0. The maximum Gasteiger partial charge on any atom is 0.222 e. The first-order chi connectivity index (χ1) is 5.26. The molecule has 2 nitrogen and oxygen atoms in total. The van der Waals surface area contributed by atoms with Crippen LogP contribution >= 0.6 is 0 Å². The summed E-state index contributed by atoms with van der Waals surface area (Å²) in [4.78, 5) is 11.1. The van der Waals surface area contributed by atoms with Crippen molar-refractivity contribution in [2.45, 2.75) is 39.5 Å². The molecule has 1 atom stereocenters. The van der Waals surface area contributed by atoms with Gasteiger partial charge in [-0.3, -0.25) is 4.79 Å². The van der Waals surface area contributed by atoms with Crippen LogP contribution in [-0.4, -0.2) is 13.0 Å². The van der Waals surface area contributed by atoms with Gasteiger partial charge in [-0.1, -0.05) is 26.7 Å². The molecule has 0 fully saturated rings. The third-order valence-corrected chi connectivity index (χ3v) is 2.02. The average molecular weight is 157 g/mol. The molecule has 1 unspecified atom stereocenters. The number of carbonyl (C=O) groups excluding carboxylic acids is 1. The summed E-state index contributed by atoms with van der Waals surface area (Å²) in [5.74, 6) is 0.431. The monoisotopic (exact) mass is 157 g/mol. The van der Waals surface area contributed by atoms with Crippen molar-refractivity contribution >= 4 is 5.91 Å². The van der Waals surface area contributed by atoms with Gasteiger partial charge >= 0.3 is 0 Å². The molecule has 0 bridgehead atoms. The Labute approximate surface area is 69.4 Å². The van der Waals surface area contributed by atoms with Crippen molar-refractivity contribution in [3.05, 3.63) is 0 Å². The van der Waals surface area contributed by atoms with E-state index in [1.54, 1.807) is 7.05 Å². The van der Waals surface area contributed by atoms with Gasteiger partial charge in [0.05, 0.1) is 0 Å². The smallest absolute Gasteiger partial charge is 0.222 e. The first-order valence-corrected chi connectivity index (χ1v) is 4.47. The summed E-state index contributed by atoms with van der Waals surface area (Å²) in [7, 11) is 1.71. The second kappa shape index (κ2) is 6.20. The lowest BCUT2D eigenvalue weighted by Gasteiger charge is -2.11. The molecule has 0 saturated heterocycles. The van der Waals surface area contributed by atoms with E-state index in [9.17, 15) is 4.79 Å². The fourth-order valence-electron chi connectivity index (χ4n) is 1.18. The average Bonchev–Trinajstić information content (AvgIpc) is 2.05. The zero-order chi connectivity index (χ0) is 8.69. The first-order valence-electron chi connectivity index (χ1n) is 4.47. The third-order valence-electron chi connectivity index (χ3n) is 2.02. The van der Waals surface area contributed by atoms with Crippen LogP contribution < -0.4 is 5.32 Å². The number of hydrogen-bond donors (Lipinski definition) is 1. The van der Waals surface area contributed by atoms with Crippen LogP contribution in [0, 0.1) is 5.92 Å². The normalized spacial score (nSPS) is 12.6. The molecule has 0 aliphatic rings. The van der Waals surface area contributed by atoms with Crippen LogP contribution in [-0.2, 0) is 4.79 Å². The Morgan fingerprint density at radius 1 is 1.45 bits per heavy atom. The largest absolute Gasteiger partial charge is 0.359 e. The van der Waals surface area contributed by atoms with E-state index in [-0.39, 0.29) is 11.8 Å². The minimum atomic E-state index is 0.195. The Morgan fingerprint density at radius 3 is 2.45 bits per heavy atom. The molecule has 0 spiro atoms. The number of amides is 1. The Hall–Kier alpha value is -0.530. The van der Waals surface area contributed by atoms with Crippen molar-refractivity contribution in [3.63, 3.8) is 0 Å². The fraction of sp³-hybridized carbons (Fsp3) is 0.889. The van der Waals surface area contributed by atoms with Crippen LogP contribution in [0.15, 0.2) is 0 Å². The highest BCUT2D eigenvalue weighted by atomic mass is 16.1. The molecular formula is C9H19NO. The molecule has 0 heterocycles.